The number of nitrogens with one attached hydrogen (secondary N) is 1. The Morgan fingerprint density at radius 1 is 1.12 bits per heavy atom. The van der Waals surface area contributed by atoms with Crippen LogP contribution in [0.1, 0.15) is 0 Å². The third-order valence-corrected chi connectivity index (χ3v) is 3.51. The predicted octanol–water partition coefficient (Wildman–Crippen LogP) is 1.36. The number of sulfonamides is 1. The fourth-order valence-electron chi connectivity index (χ4n) is 1.97. The Kier molecular flexibility index (Phi) is 1.98. The Labute approximate surface area is 97.3 Å². The van der Waals surface area contributed by atoms with Crippen LogP contribution in [-0.4, -0.2) is 18.4 Å². The summed E-state index contributed by atoms with van der Waals surface area (Å²) in [4.78, 5) is 6.86. The van der Waals surface area contributed by atoms with Gasteiger partial charge in [0.15, 0.2) is 5.03 Å². The Bertz CT molecular complexity index is 821. The van der Waals surface area contributed by atoms with Crippen LogP contribution in [0.3, 0.4) is 0 Å². The van der Waals surface area contributed by atoms with Gasteiger partial charge < -0.3 is 4.98 Å². The number of hydrogen-bond donors (Lipinski definition) is 2. The molecule has 3 N–H and O–H groups in total. The molecule has 0 unspecified atom stereocenters. The summed E-state index contributed by atoms with van der Waals surface area (Å²) < 4.78 is 22.8. The van der Waals surface area contributed by atoms with Gasteiger partial charge in [-0.1, -0.05) is 18.2 Å². The number of nitrogens with zero attached hydrogens (tertiary/aromatic N) is 1. The minimum Gasteiger partial charge on any atom is -0.352 e. The van der Waals surface area contributed by atoms with Crippen LogP contribution in [0.5, 0.6) is 0 Å². The lowest BCUT2D eigenvalue weighted by atomic mass is 10.2. The molecule has 86 valence electrons. The number of rotatable bonds is 1. The third kappa shape index (κ3) is 1.49. The second-order valence-corrected chi connectivity index (χ2v) is 5.23. The van der Waals surface area contributed by atoms with Crippen LogP contribution in [-0.2, 0) is 10.0 Å². The van der Waals surface area contributed by atoms with Crippen molar-refractivity contribution >= 4 is 31.8 Å². The van der Waals surface area contributed by atoms with E-state index in [0.29, 0.717) is 5.52 Å². The van der Waals surface area contributed by atoms with Crippen molar-refractivity contribution in [1.29, 1.82) is 0 Å². The maximum atomic E-state index is 11.4. The summed E-state index contributed by atoms with van der Waals surface area (Å²) in [7, 11) is -3.82. The number of primary sulfonamides is 1. The van der Waals surface area contributed by atoms with E-state index in [0.717, 1.165) is 16.3 Å². The number of pyridine rings is 1. The SMILES string of the molecule is NS(=O)(=O)c1nccc2c1[nH]c1ccccc12. The summed E-state index contributed by atoms with van der Waals surface area (Å²) >= 11 is 0. The van der Waals surface area contributed by atoms with E-state index in [-0.39, 0.29) is 5.03 Å². The summed E-state index contributed by atoms with van der Waals surface area (Å²) in [5.41, 5.74) is 1.32. The molecule has 3 rings (SSSR count). The quantitative estimate of drug-likeness (QED) is 0.680. The topological polar surface area (TPSA) is 88.8 Å². The molecule has 2 aromatic heterocycles. The van der Waals surface area contributed by atoms with Gasteiger partial charge in [-0.3, -0.25) is 0 Å². The average molecular weight is 247 g/mol. The molecule has 17 heavy (non-hydrogen) atoms. The number of aromatic amines is 1. The number of para-hydroxylation sites is 1. The molecule has 0 saturated carbocycles. The minimum absolute atomic E-state index is 0.119. The first-order chi connectivity index (χ1) is 8.07. The number of H-pyrrole nitrogens is 1. The van der Waals surface area contributed by atoms with E-state index in [1.807, 2.05) is 24.3 Å². The normalized spacial score (nSPS) is 12.3. The van der Waals surface area contributed by atoms with Crippen molar-refractivity contribution in [2.75, 3.05) is 0 Å². The molecular weight excluding hydrogens is 238 g/mol. The highest BCUT2D eigenvalue weighted by molar-refractivity contribution is 7.89. The first-order valence-electron chi connectivity index (χ1n) is 4.95. The highest BCUT2D eigenvalue weighted by Crippen LogP contribution is 2.27. The van der Waals surface area contributed by atoms with Crippen LogP contribution in [0.15, 0.2) is 41.6 Å². The smallest absolute Gasteiger partial charge is 0.257 e. The van der Waals surface area contributed by atoms with Crippen molar-refractivity contribution in [2.45, 2.75) is 5.03 Å². The summed E-state index contributed by atoms with van der Waals surface area (Å²) in [6.07, 6.45) is 1.45. The van der Waals surface area contributed by atoms with Crippen LogP contribution in [0, 0.1) is 0 Å². The molecule has 0 fully saturated rings. The monoisotopic (exact) mass is 247 g/mol. The third-order valence-electron chi connectivity index (χ3n) is 2.66. The lowest BCUT2D eigenvalue weighted by molar-refractivity contribution is 0.595. The maximum absolute atomic E-state index is 11.4. The minimum atomic E-state index is -3.82. The number of benzene rings is 1. The number of fused-ring (bicyclic) bond motifs is 3. The predicted molar refractivity (Wildman–Crippen MR) is 65.0 cm³/mol. The molecule has 1 aromatic carbocycles. The van der Waals surface area contributed by atoms with E-state index in [4.69, 9.17) is 5.14 Å². The van der Waals surface area contributed by atoms with Gasteiger partial charge in [0.25, 0.3) is 10.0 Å². The van der Waals surface area contributed by atoms with E-state index in [9.17, 15) is 8.42 Å². The zero-order valence-corrected chi connectivity index (χ0v) is 9.53. The molecule has 0 aliphatic carbocycles. The molecule has 0 aliphatic heterocycles. The second kappa shape index (κ2) is 3.28. The van der Waals surface area contributed by atoms with Crippen molar-refractivity contribution in [3.8, 4) is 0 Å². The van der Waals surface area contributed by atoms with Crippen molar-refractivity contribution < 1.29 is 8.42 Å². The van der Waals surface area contributed by atoms with Gasteiger partial charge in [-0.25, -0.2) is 18.5 Å². The molecule has 6 heteroatoms. The van der Waals surface area contributed by atoms with Gasteiger partial charge >= 0.3 is 0 Å². The molecular formula is C11H9N3O2S. The van der Waals surface area contributed by atoms with Gasteiger partial charge in [0.1, 0.15) is 0 Å². The van der Waals surface area contributed by atoms with Crippen molar-refractivity contribution in [2.24, 2.45) is 5.14 Å². The first-order valence-corrected chi connectivity index (χ1v) is 6.50. The first kappa shape index (κ1) is 10.2. The van der Waals surface area contributed by atoms with E-state index in [1.54, 1.807) is 6.07 Å². The summed E-state index contributed by atoms with van der Waals surface area (Å²) in [6.45, 7) is 0. The molecule has 2 heterocycles. The van der Waals surface area contributed by atoms with Gasteiger partial charge in [-0.05, 0) is 12.1 Å². The average Bonchev–Trinajstić information content (AvgIpc) is 2.65. The molecule has 0 saturated heterocycles. The zero-order valence-electron chi connectivity index (χ0n) is 8.71. The number of nitrogens with two attached hydrogens (primary N) is 1. The Morgan fingerprint density at radius 2 is 1.88 bits per heavy atom. The van der Waals surface area contributed by atoms with Gasteiger partial charge in [-0.15, -0.1) is 0 Å². The molecule has 0 spiro atoms. The van der Waals surface area contributed by atoms with Crippen molar-refractivity contribution in [3.63, 3.8) is 0 Å². The van der Waals surface area contributed by atoms with E-state index in [1.165, 1.54) is 6.20 Å². The number of hydrogen-bond acceptors (Lipinski definition) is 3. The Balaban J connectivity index is 2.57. The Morgan fingerprint density at radius 3 is 2.65 bits per heavy atom. The molecule has 5 nitrogen and oxygen atoms in total. The second-order valence-electron chi connectivity index (χ2n) is 3.75. The maximum Gasteiger partial charge on any atom is 0.257 e. The van der Waals surface area contributed by atoms with E-state index < -0.39 is 10.0 Å². The van der Waals surface area contributed by atoms with Gasteiger partial charge in [-0.2, -0.15) is 0 Å². The molecule has 0 aliphatic rings. The highest BCUT2D eigenvalue weighted by atomic mass is 32.2. The molecule has 0 atom stereocenters. The lowest BCUT2D eigenvalue weighted by Gasteiger charge is -1.98. The van der Waals surface area contributed by atoms with Crippen LogP contribution >= 0.6 is 0 Å². The molecule has 0 radical (unpaired) electrons. The standard InChI is InChI=1S/C11H9N3O2S/c12-17(15,16)11-10-8(5-6-13-11)7-3-1-2-4-9(7)14-10/h1-6,14H,(H2,12,15,16). The van der Waals surface area contributed by atoms with E-state index in [2.05, 4.69) is 9.97 Å². The van der Waals surface area contributed by atoms with Crippen molar-refractivity contribution in [3.05, 3.63) is 36.5 Å². The molecule has 3 aromatic rings. The highest BCUT2D eigenvalue weighted by Gasteiger charge is 2.16. The number of aromatic nitrogens is 2. The van der Waals surface area contributed by atoms with Gasteiger partial charge in [0.2, 0.25) is 0 Å². The lowest BCUT2D eigenvalue weighted by Crippen LogP contribution is -2.14. The largest absolute Gasteiger partial charge is 0.352 e. The Hall–Kier alpha value is -1.92. The molecule has 0 bridgehead atoms. The van der Waals surface area contributed by atoms with Crippen LogP contribution < -0.4 is 5.14 Å². The van der Waals surface area contributed by atoms with E-state index >= 15 is 0 Å². The van der Waals surface area contributed by atoms with Crippen LogP contribution in [0.4, 0.5) is 0 Å². The van der Waals surface area contributed by atoms with Gasteiger partial charge in [0, 0.05) is 22.5 Å². The van der Waals surface area contributed by atoms with Gasteiger partial charge in [0.05, 0.1) is 5.52 Å². The summed E-state index contributed by atoms with van der Waals surface area (Å²) in [5.74, 6) is 0. The van der Waals surface area contributed by atoms with Crippen LogP contribution in [0.2, 0.25) is 0 Å². The van der Waals surface area contributed by atoms with Crippen molar-refractivity contribution in [1.82, 2.24) is 9.97 Å². The van der Waals surface area contributed by atoms with Crippen LogP contribution in [0.25, 0.3) is 21.8 Å². The molecule has 0 amide bonds. The fourth-order valence-corrected chi connectivity index (χ4v) is 2.62. The fraction of sp³-hybridized carbons (Fsp3) is 0. The zero-order chi connectivity index (χ0) is 12.0. The summed E-state index contributed by atoms with van der Waals surface area (Å²) in [5, 5.41) is 6.77. The summed E-state index contributed by atoms with van der Waals surface area (Å²) in [6, 6.07) is 9.33.